The van der Waals surface area contributed by atoms with Gasteiger partial charge in [0.25, 0.3) is 0 Å². The average molecular weight is 295 g/mol. The van der Waals surface area contributed by atoms with Gasteiger partial charge in [0.2, 0.25) is 0 Å². The molecule has 0 heterocycles. The summed E-state index contributed by atoms with van der Waals surface area (Å²) < 4.78 is 0. The number of aliphatic carboxylic acids is 1. The van der Waals surface area contributed by atoms with Crippen LogP contribution >= 0.6 is 23.2 Å². The van der Waals surface area contributed by atoms with Crippen molar-refractivity contribution in [1.29, 1.82) is 0 Å². The summed E-state index contributed by atoms with van der Waals surface area (Å²) >= 11 is 11.8. The van der Waals surface area contributed by atoms with E-state index in [1.165, 1.54) is 0 Å². The Morgan fingerprint density at radius 1 is 1.00 bits per heavy atom. The summed E-state index contributed by atoms with van der Waals surface area (Å²) in [7, 11) is 0. The second-order valence-electron chi connectivity index (χ2n) is 4.36. The molecule has 0 aromatic heterocycles. The minimum Gasteiger partial charge on any atom is -0.481 e. The average Bonchev–Trinajstić information content (AvgIpc) is 2.36. The Morgan fingerprint density at radius 2 is 1.58 bits per heavy atom. The van der Waals surface area contributed by atoms with Gasteiger partial charge >= 0.3 is 5.97 Å². The largest absolute Gasteiger partial charge is 0.481 e. The number of rotatable bonds is 3. The third-order valence-electron chi connectivity index (χ3n) is 2.93. The molecule has 19 heavy (non-hydrogen) atoms. The summed E-state index contributed by atoms with van der Waals surface area (Å²) in [5.74, 6) is -1.65. The van der Waals surface area contributed by atoms with Crippen LogP contribution in [0.5, 0.6) is 0 Å². The van der Waals surface area contributed by atoms with E-state index in [4.69, 9.17) is 23.2 Å². The molecule has 1 unspecified atom stereocenters. The minimum absolute atomic E-state index is 0.359. The van der Waals surface area contributed by atoms with E-state index in [0.717, 1.165) is 11.1 Å². The van der Waals surface area contributed by atoms with Gasteiger partial charge in [0.15, 0.2) is 0 Å². The Kier molecular flexibility index (Phi) is 4.13. The van der Waals surface area contributed by atoms with Crippen LogP contribution in [0.4, 0.5) is 0 Å². The van der Waals surface area contributed by atoms with Gasteiger partial charge in [-0.05, 0) is 30.2 Å². The number of benzene rings is 2. The summed E-state index contributed by atoms with van der Waals surface area (Å²) in [6.45, 7) is 1.96. The van der Waals surface area contributed by atoms with Gasteiger partial charge in [-0.15, -0.1) is 0 Å². The maximum atomic E-state index is 11.5. The molecule has 0 saturated carbocycles. The molecule has 0 bridgehead atoms. The standard InChI is InChI=1S/C15H12Cl2O2/c1-9-2-4-10(5-3-9)14(15(18)19)11-6-7-12(16)13(17)8-11/h2-8,14H,1H3,(H,18,19). The number of hydrogen-bond donors (Lipinski definition) is 1. The molecule has 98 valence electrons. The number of halogens is 2. The third-order valence-corrected chi connectivity index (χ3v) is 3.67. The fraction of sp³-hybridized carbons (Fsp3) is 0.133. The molecule has 2 nitrogen and oxygen atoms in total. The highest BCUT2D eigenvalue weighted by atomic mass is 35.5. The van der Waals surface area contributed by atoms with Gasteiger partial charge in [-0.2, -0.15) is 0 Å². The topological polar surface area (TPSA) is 37.3 Å². The van der Waals surface area contributed by atoms with Crippen LogP contribution in [0.3, 0.4) is 0 Å². The van der Waals surface area contributed by atoms with Crippen molar-refractivity contribution in [2.24, 2.45) is 0 Å². The van der Waals surface area contributed by atoms with Crippen LogP contribution in [0.15, 0.2) is 42.5 Å². The molecule has 1 N–H and O–H groups in total. The lowest BCUT2D eigenvalue weighted by Gasteiger charge is -2.14. The predicted molar refractivity (Wildman–Crippen MR) is 77.1 cm³/mol. The van der Waals surface area contributed by atoms with E-state index in [1.54, 1.807) is 18.2 Å². The molecule has 0 saturated heterocycles. The summed E-state index contributed by atoms with van der Waals surface area (Å²) in [4.78, 5) is 11.5. The maximum absolute atomic E-state index is 11.5. The molecule has 2 aromatic rings. The Morgan fingerprint density at radius 3 is 2.11 bits per heavy atom. The van der Waals surface area contributed by atoms with E-state index in [2.05, 4.69) is 0 Å². The Hall–Kier alpha value is -1.51. The number of carboxylic acids is 1. The highest BCUT2D eigenvalue weighted by Gasteiger charge is 2.22. The summed E-state index contributed by atoms with van der Waals surface area (Å²) in [5.41, 5.74) is 2.42. The van der Waals surface area contributed by atoms with Crippen molar-refractivity contribution in [3.63, 3.8) is 0 Å². The molecule has 0 radical (unpaired) electrons. The van der Waals surface area contributed by atoms with Crippen LogP contribution in [0.2, 0.25) is 10.0 Å². The van der Waals surface area contributed by atoms with Crippen molar-refractivity contribution < 1.29 is 9.90 Å². The first-order valence-electron chi connectivity index (χ1n) is 5.73. The Balaban J connectivity index is 2.48. The van der Waals surface area contributed by atoms with E-state index >= 15 is 0 Å². The molecular weight excluding hydrogens is 283 g/mol. The van der Waals surface area contributed by atoms with E-state index in [-0.39, 0.29) is 0 Å². The van der Waals surface area contributed by atoms with E-state index in [1.807, 2.05) is 31.2 Å². The van der Waals surface area contributed by atoms with Crippen molar-refractivity contribution in [2.75, 3.05) is 0 Å². The zero-order valence-electron chi connectivity index (χ0n) is 10.2. The van der Waals surface area contributed by atoms with Crippen LogP contribution in [-0.4, -0.2) is 11.1 Å². The van der Waals surface area contributed by atoms with Crippen molar-refractivity contribution >= 4 is 29.2 Å². The summed E-state index contributed by atoms with van der Waals surface area (Å²) in [6, 6.07) is 12.3. The number of aryl methyl sites for hydroxylation is 1. The van der Waals surface area contributed by atoms with Crippen LogP contribution in [0.1, 0.15) is 22.6 Å². The van der Waals surface area contributed by atoms with Crippen molar-refractivity contribution in [3.05, 3.63) is 69.2 Å². The van der Waals surface area contributed by atoms with Gasteiger partial charge in [0.1, 0.15) is 5.92 Å². The SMILES string of the molecule is Cc1ccc(C(C(=O)O)c2ccc(Cl)c(Cl)c2)cc1. The fourth-order valence-corrected chi connectivity index (χ4v) is 2.23. The van der Waals surface area contributed by atoms with Gasteiger partial charge in [0.05, 0.1) is 10.0 Å². The lowest BCUT2D eigenvalue weighted by molar-refractivity contribution is -0.137. The quantitative estimate of drug-likeness (QED) is 0.904. The molecular formula is C15H12Cl2O2. The predicted octanol–water partition coefficient (Wildman–Crippen LogP) is 4.52. The summed E-state index contributed by atoms with van der Waals surface area (Å²) in [6.07, 6.45) is 0. The first-order valence-corrected chi connectivity index (χ1v) is 6.49. The second-order valence-corrected chi connectivity index (χ2v) is 5.17. The monoisotopic (exact) mass is 294 g/mol. The van der Waals surface area contributed by atoms with Crippen LogP contribution in [0, 0.1) is 6.92 Å². The first kappa shape index (κ1) is 13.9. The van der Waals surface area contributed by atoms with Gasteiger partial charge in [-0.25, -0.2) is 0 Å². The van der Waals surface area contributed by atoms with E-state index in [9.17, 15) is 9.90 Å². The molecule has 4 heteroatoms. The Labute approximate surface area is 121 Å². The number of carbonyl (C=O) groups is 1. The van der Waals surface area contributed by atoms with E-state index < -0.39 is 11.9 Å². The Bertz CT molecular complexity index is 606. The highest BCUT2D eigenvalue weighted by Crippen LogP contribution is 2.30. The lowest BCUT2D eigenvalue weighted by atomic mass is 9.91. The molecule has 0 spiro atoms. The first-order chi connectivity index (χ1) is 8.99. The van der Waals surface area contributed by atoms with Gasteiger partial charge in [-0.1, -0.05) is 59.1 Å². The van der Waals surface area contributed by atoms with Crippen LogP contribution < -0.4 is 0 Å². The van der Waals surface area contributed by atoms with E-state index in [0.29, 0.717) is 15.6 Å². The highest BCUT2D eigenvalue weighted by molar-refractivity contribution is 6.42. The smallest absolute Gasteiger partial charge is 0.315 e. The van der Waals surface area contributed by atoms with Crippen molar-refractivity contribution in [1.82, 2.24) is 0 Å². The maximum Gasteiger partial charge on any atom is 0.315 e. The normalized spacial score (nSPS) is 12.2. The molecule has 0 aliphatic carbocycles. The molecule has 0 aliphatic heterocycles. The molecule has 2 aromatic carbocycles. The minimum atomic E-state index is -0.915. The van der Waals surface area contributed by atoms with Crippen LogP contribution in [-0.2, 0) is 4.79 Å². The van der Waals surface area contributed by atoms with Gasteiger partial charge in [-0.3, -0.25) is 4.79 Å². The van der Waals surface area contributed by atoms with Crippen molar-refractivity contribution in [3.8, 4) is 0 Å². The van der Waals surface area contributed by atoms with Crippen molar-refractivity contribution in [2.45, 2.75) is 12.8 Å². The molecule has 0 amide bonds. The zero-order valence-corrected chi connectivity index (χ0v) is 11.7. The molecule has 0 aliphatic rings. The zero-order chi connectivity index (χ0) is 14.0. The van der Waals surface area contributed by atoms with Gasteiger partial charge in [0, 0.05) is 0 Å². The lowest BCUT2D eigenvalue weighted by Crippen LogP contribution is -2.13. The second kappa shape index (κ2) is 5.64. The molecule has 2 rings (SSSR count). The molecule has 1 atom stereocenters. The number of hydrogen-bond acceptors (Lipinski definition) is 1. The van der Waals surface area contributed by atoms with Gasteiger partial charge < -0.3 is 5.11 Å². The third kappa shape index (κ3) is 3.09. The molecule has 0 fully saturated rings. The number of carboxylic acid groups (broad SMARTS) is 1. The summed E-state index contributed by atoms with van der Waals surface area (Å²) in [5, 5.41) is 10.2. The fourth-order valence-electron chi connectivity index (χ4n) is 1.93. The van der Waals surface area contributed by atoms with Crippen LogP contribution in [0.25, 0.3) is 0 Å².